The summed E-state index contributed by atoms with van der Waals surface area (Å²) in [5.74, 6) is 11.5. The lowest BCUT2D eigenvalue weighted by Crippen LogP contribution is -2.30. The minimum atomic E-state index is -0.627. The van der Waals surface area contributed by atoms with Crippen LogP contribution in [0.5, 0.6) is 0 Å². The number of hydrogen-bond donors (Lipinski definition) is 6. The number of nitrogens with zero attached hydrogens (tertiary/aromatic N) is 3. The maximum Gasteiger partial charge on any atom is 0.411 e. The van der Waals surface area contributed by atoms with Crippen LogP contribution >= 0.6 is 11.6 Å². The number of benzene rings is 2. The largest absolute Gasteiger partial charge is 0.453 e. The maximum atomic E-state index is 13.1. The third-order valence-electron chi connectivity index (χ3n) is 6.94. The summed E-state index contributed by atoms with van der Waals surface area (Å²) in [5.41, 5.74) is 3.38. The van der Waals surface area contributed by atoms with Gasteiger partial charge in [-0.3, -0.25) is 19.9 Å². The van der Waals surface area contributed by atoms with Crippen LogP contribution < -0.4 is 32.6 Å². The Hall–Kier alpha value is -4.88. The number of methoxy groups -OCH3 is 1. The third kappa shape index (κ3) is 8.33. The Bertz CT molecular complexity index is 1540. The fourth-order valence-corrected chi connectivity index (χ4v) is 4.84. The molecule has 0 fully saturated rings. The second kappa shape index (κ2) is 14.3. The monoisotopic (exact) mass is 607 g/mol. The van der Waals surface area contributed by atoms with E-state index in [1.807, 2.05) is 0 Å². The highest BCUT2D eigenvalue weighted by atomic mass is 35.5. The zero-order valence-corrected chi connectivity index (χ0v) is 24.5. The highest BCUT2D eigenvalue weighted by Crippen LogP contribution is 2.32. The van der Waals surface area contributed by atoms with E-state index in [1.165, 1.54) is 24.5 Å². The number of halogens is 1. The van der Waals surface area contributed by atoms with Crippen molar-refractivity contribution in [1.29, 1.82) is 0 Å². The van der Waals surface area contributed by atoms with E-state index in [9.17, 15) is 14.4 Å². The van der Waals surface area contributed by atoms with Crippen molar-refractivity contribution in [2.45, 2.75) is 38.6 Å². The van der Waals surface area contributed by atoms with E-state index in [1.54, 1.807) is 48.7 Å². The molecule has 13 nitrogen and oxygen atoms in total. The highest BCUT2D eigenvalue weighted by molar-refractivity contribution is 6.30. The van der Waals surface area contributed by atoms with Crippen LogP contribution in [0.4, 0.5) is 21.9 Å². The number of nitrogens with one attached hydrogen (secondary N) is 4. The first-order chi connectivity index (χ1) is 20.7. The zero-order valence-electron chi connectivity index (χ0n) is 23.8. The van der Waals surface area contributed by atoms with Gasteiger partial charge >= 0.3 is 6.09 Å². The Morgan fingerprint density at radius 3 is 2.79 bits per heavy atom. The summed E-state index contributed by atoms with van der Waals surface area (Å²) in [6, 6.07) is 9.70. The van der Waals surface area contributed by atoms with E-state index in [0.717, 1.165) is 6.42 Å². The summed E-state index contributed by atoms with van der Waals surface area (Å²) in [4.78, 5) is 45.6. The van der Waals surface area contributed by atoms with Gasteiger partial charge in [0.25, 0.3) is 0 Å². The van der Waals surface area contributed by atoms with Gasteiger partial charge < -0.3 is 26.2 Å². The minimum Gasteiger partial charge on any atom is -0.453 e. The Morgan fingerprint density at radius 2 is 2.02 bits per heavy atom. The predicted octanol–water partition coefficient (Wildman–Crippen LogP) is 4.51. The van der Waals surface area contributed by atoms with Gasteiger partial charge in [-0.05, 0) is 67.7 Å². The first-order valence-electron chi connectivity index (χ1n) is 13.6. The highest BCUT2D eigenvalue weighted by Gasteiger charge is 2.22. The van der Waals surface area contributed by atoms with Gasteiger partial charge in [-0.25, -0.2) is 15.6 Å². The minimum absolute atomic E-state index is 0.147. The van der Waals surface area contributed by atoms with Crippen molar-refractivity contribution < 1.29 is 19.1 Å². The number of aromatic nitrogens is 2. The summed E-state index contributed by atoms with van der Waals surface area (Å²) in [6.45, 7) is 2.06. The summed E-state index contributed by atoms with van der Waals surface area (Å²) in [5, 5.41) is 13.7. The van der Waals surface area contributed by atoms with Crippen LogP contribution in [-0.4, -0.2) is 41.3 Å². The van der Waals surface area contributed by atoms with Gasteiger partial charge in [0, 0.05) is 34.3 Å². The van der Waals surface area contributed by atoms with Gasteiger partial charge in [0.15, 0.2) is 0 Å². The number of carbonyl (C=O) groups excluding carboxylic acids is 3. The molecule has 14 heteroatoms. The van der Waals surface area contributed by atoms with Gasteiger partial charge in [-0.2, -0.15) is 5.10 Å². The summed E-state index contributed by atoms with van der Waals surface area (Å²) >= 11 is 6.18. The Morgan fingerprint density at radius 1 is 1.21 bits per heavy atom. The number of carbonyl (C=O) groups is 3. The second-order valence-electron chi connectivity index (χ2n) is 10.1. The van der Waals surface area contributed by atoms with Crippen molar-refractivity contribution in [1.82, 2.24) is 15.3 Å². The standard InChI is InChI=1S/C29H34ClN9O4/c1-17-3-9-22(36-27(41)12-5-18-13-19(30)6-10-25(18)39(32)16-34-31)28-33-15-24(38-28)21-8-7-20(35-29(42)43-2)14-23(21)37-26(40)11-4-17/h5-8,10,12-17,22H,3-4,9,11,31-32H2,1-2H3,(H,33,38)(H,35,42)(H,36,41)(H,37,40)/b12-5+,34-16-/t17?,22-/m0/s1. The number of amides is 3. The molecule has 0 radical (unpaired) electrons. The molecule has 226 valence electrons. The van der Waals surface area contributed by atoms with Crippen molar-refractivity contribution in [2.75, 3.05) is 22.8 Å². The number of anilines is 3. The van der Waals surface area contributed by atoms with E-state index in [2.05, 4.69) is 42.7 Å². The van der Waals surface area contributed by atoms with Crippen molar-refractivity contribution in [2.24, 2.45) is 22.7 Å². The van der Waals surface area contributed by atoms with Crippen molar-refractivity contribution in [3.8, 4) is 11.3 Å². The van der Waals surface area contributed by atoms with E-state index in [0.29, 0.717) is 64.0 Å². The molecule has 0 spiro atoms. The van der Waals surface area contributed by atoms with Crippen LogP contribution in [0.15, 0.2) is 53.8 Å². The quantitative estimate of drug-likeness (QED) is 0.0774. The van der Waals surface area contributed by atoms with Gasteiger partial charge in [-0.1, -0.05) is 18.5 Å². The van der Waals surface area contributed by atoms with Crippen molar-refractivity contribution >= 4 is 59.0 Å². The molecule has 4 rings (SSSR count). The molecule has 2 atom stereocenters. The Kier molecular flexibility index (Phi) is 10.4. The lowest BCUT2D eigenvalue weighted by atomic mass is 9.96. The lowest BCUT2D eigenvalue weighted by molar-refractivity contribution is -0.117. The molecular weight excluding hydrogens is 574 g/mol. The summed E-state index contributed by atoms with van der Waals surface area (Å²) < 4.78 is 4.68. The number of ether oxygens (including phenoxy) is 1. The number of hydrogen-bond acceptors (Lipinski definition) is 8. The smallest absolute Gasteiger partial charge is 0.411 e. The molecule has 0 aliphatic carbocycles. The van der Waals surface area contributed by atoms with Gasteiger partial charge in [0.05, 0.1) is 36.4 Å². The normalized spacial score (nSPS) is 17.3. The fraction of sp³-hybridized carbons (Fsp3) is 0.276. The SMILES string of the molecule is COC(=O)Nc1ccc2c(c1)NC(=O)CCC(C)CC[C@H](NC(=O)/C=C/c1cc(Cl)ccc1N(N)/C=N\N)c1ncc-2[nH]1. The number of hydrazine groups is 1. The predicted molar refractivity (Wildman–Crippen MR) is 167 cm³/mol. The Balaban J connectivity index is 1.61. The van der Waals surface area contributed by atoms with Crippen LogP contribution in [0.2, 0.25) is 5.02 Å². The number of H-pyrrole nitrogens is 1. The molecule has 1 aromatic heterocycles. The molecule has 2 heterocycles. The first-order valence-corrected chi connectivity index (χ1v) is 13.9. The number of nitrogens with two attached hydrogens (primary N) is 2. The third-order valence-corrected chi connectivity index (χ3v) is 7.18. The molecule has 1 aliphatic rings. The molecule has 2 bridgehead atoms. The van der Waals surface area contributed by atoms with Crippen LogP contribution in [-0.2, 0) is 14.3 Å². The number of rotatable bonds is 6. The van der Waals surface area contributed by atoms with Gasteiger partial charge in [0.1, 0.15) is 12.2 Å². The van der Waals surface area contributed by atoms with Gasteiger partial charge in [0.2, 0.25) is 11.8 Å². The lowest BCUT2D eigenvalue weighted by Gasteiger charge is -2.18. The van der Waals surface area contributed by atoms with E-state index in [4.69, 9.17) is 23.3 Å². The summed E-state index contributed by atoms with van der Waals surface area (Å²) in [7, 11) is 1.27. The summed E-state index contributed by atoms with van der Waals surface area (Å²) in [6.07, 6.45) is 7.56. The molecule has 0 saturated heterocycles. The topological polar surface area (TPSA) is 193 Å². The van der Waals surface area contributed by atoms with Crippen LogP contribution in [0.3, 0.4) is 0 Å². The maximum absolute atomic E-state index is 13.1. The molecule has 43 heavy (non-hydrogen) atoms. The second-order valence-corrected chi connectivity index (χ2v) is 10.5. The van der Waals surface area contributed by atoms with E-state index < -0.39 is 12.1 Å². The Labute approximate surface area is 253 Å². The van der Waals surface area contributed by atoms with Crippen LogP contribution in [0, 0.1) is 5.92 Å². The van der Waals surface area contributed by atoms with E-state index >= 15 is 0 Å². The molecule has 2 aromatic carbocycles. The molecule has 3 aromatic rings. The average molecular weight is 608 g/mol. The number of imidazole rings is 1. The van der Waals surface area contributed by atoms with Crippen LogP contribution in [0.1, 0.15) is 50.0 Å². The van der Waals surface area contributed by atoms with Gasteiger partial charge in [-0.15, -0.1) is 0 Å². The molecular formula is C29H34ClN9O4. The van der Waals surface area contributed by atoms with Crippen molar-refractivity contribution in [3.63, 3.8) is 0 Å². The molecule has 8 N–H and O–H groups in total. The van der Waals surface area contributed by atoms with Crippen LogP contribution in [0.25, 0.3) is 17.3 Å². The number of fused-ring (bicyclic) bond motifs is 4. The van der Waals surface area contributed by atoms with E-state index in [-0.39, 0.29) is 17.7 Å². The molecule has 3 amide bonds. The van der Waals surface area contributed by atoms with Crippen molar-refractivity contribution in [3.05, 3.63) is 65.1 Å². The molecule has 1 unspecified atom stereocenters. The average Bonchev–Trinajstić information content (AvgIpc) is 3.47. The zero-order chi connectivity index (χ0) is 30.9. The number of aromatic amines is 1. The molecule has 0 saturated carbocycles. The first kappa shape index (κ1) is 31.1. The molecule has 1 aliphatic heterocycles. The fourth-order valence-electron chi connectivity index (χ4n) is 4.66. The number of hydrazone groups is 1.